The molecule has 22 heavy (non-hydrogen) atoms. The maximum atomic E-state index is 11.6. The van der Waals surface area contributed by atoms with E-state index in [0.29, 0.717) is 16.2 Å². The van der Waals surface area contributed by atoms with Crippen molar-refractivity contribution in [1.82, 2.24) is 15.5 Å². The van der Waals surface area contributed by atoms with Crippen LogP contribution in [0.4, 0.5) is 5.13 Å². The molecule has 0 bridgehead atoms. The largest absolute Gasteiger partial charge is 0.351 e. The Morgan fingerprint density at radius 3 is 2.68 bits per heavy atom. The van der Waals surface area contributed by atoms with Crippen LogP contribution in [0.2, 0.25) is 0 Å². The molecule has 0 aromatic carbocycles. The second-order valence-electron chi connectivity index (χ2n) is 3.95. The van der Waals surface area contributed by atoms with Crippen LogP contribution in [0.15, 0.2) is 21.9 Å². The summed E-state index contributed by atoms with van der Waals surface area (Å²) in [5.74, 6) is -0.682. The average Bonchev–Trinajstić information content (AvgIpc) is 3.08. The minimum Gasteiger partial charge on any atom is -0.351 e. The molecule has 0 fully saturated rings. The summed E-state index contributed by atoms with van der Waals surface area (Å²) in [6.07, 6.45) is 0.0153. The van der Waals surface area contributed by atoms with Gasteiger partial charge in [0.25, 0.3) is 15.9 Å². The summed E-state index contributed by atoms with van der Waals surface area (Å²) >= 11 is 1.95. The number of thiophene rings is 1. The molecule has 0 radical (unpaired) electrons. The standard InChI is InChI=1S/C10H11N5O4S3/c11-22(18,19)10-15-14-9(21-10)13-7(16)3-4-12-8(17)6-2-1-5-20-6/h1-2,5H,3-4H2,(H,12,17)(H2,11,18,19)(H,13,14,16). The predicted molar refractivity (Wildman–Crippen MR) is 81.2 cm³/mol. The van der Waals surface area contributed by atoms with Crippen molar-refractivity contribution in [3.8, 4) is 0 Å². The molecule has 2 rings (SSSR count). The quantitative estimate of drug-likeness (QED) is 0.618. The highest BCUT2D eigenvalue weighted by molar-refractivity contribution is 7.91. The van der Waals surface area contributed by atoms with Gasteiger partial charge in [-0.3, -0.25) is 9.59 Å². The van der Waals surface area contributed by atoms with Gasteiger partial charge < -0.3 is 10.6 Å². The zero-order valence-corrected chi connectivity index (χ0v) is 13.4. The molecule has 0 saturated heterocycles. The fraction of sp³-hybridized carbons (Fsp3) is 0.200. The first-order chi connectivity index (χ1) is 10.4. The first kappa shape index (κ1) is 16.5. The number of anilines is 1. The van der Waals surface area contributed by atoms with E-state index in [1.165, 1.54) is 11.3 Å². The molecule has 2 aromatic rings. The van der Waals surface area contributed by atoms with Gasteiger partial charge in [-0.2, -0.15) is 0 Å². The van der Waals surface area contributed by atoms with E-state index >= 15 is 0 Å². The summed E-state index contributed by atoms with van der Waals surface area (Å²) in [6, 6.07) is 3.43. The van der Waals surface area contributed by atoms with Gasteiger partial charge in [0.1, 0.15) is 0 Å². The van der Waals surface area contributed by atoms with Crippen molar-refractivity contribution >= 4 is 49.6 Å². The Kier molecular flexibility index (Phi) is 5.18. The van der Waals surface area contributed by atoms with Crippen LogP contribution in [-0.4, -0.2) is 37.0 Å². The maximum absolute atomic E-state index is 11.6. The van der Waals surface area contributed by atoms with Crippen LogP contribution in [0.3, 0.4) is 0 Å². The Morgan fingerprint density at radius 2 is 2.09 bits per heavy atom. The number of aromatic nitrogens is 2. The number of rotatable bonds is 6. The van der Waals surface area contributed by atoms with E-state index in [2.05, 4.69) is 20.8 Å². The highest BCUT2D eigenvalue weighted by atomic mass is 32.2. The Bertz CT molecular complexity index is 768. The molecular weight excluding hydrogens is 350 g/mol. The van der Waals surface area contributed by atoms with E-state index in [-0.39, 0.29) is 28.3 Å². The Balaban J connectivity index is 1.79. The van der Waals surface area contributed by atoms with Crippen LogP contribution in [0.1, 0.15) is 16.1 Å². The van der Waals surface area contributed by atoms with E-state index in [9.17, 15) is 18.0 Å². The number of nitrogens with zero attached hydrogens (tertiary/aromatic N) is 2. The van der Waals surface area contributed by atoms with E-state index < -0.39 is 15.9 Å². The number of carbonyl (C=O) groups is 2. The van der Waals surface area contributed by atoms with Gasteiger partial charge >= 0.3 is 0 Å². The molecular formula is C10H11N5O4S3. The molecule has 0 aliphatic heterocycles. The summed E-state index contributed by atoms with van der Waals surface area (Å²) in [4.78, 5) is 23.8. The second kappa shape index (κ2) is 6.91. The zero-order chi connectivity index (χ0) is 16.2. The summed E-state index contributed by atoms with van der Waals surface area (Å²) in [5, 5.41) is 18.5. The van der Waals surface area contributed by atoms with Gasteiger partial charge in [-0.25, -0.2) is 13.6 Å². The van der Waals surface area contributed by atoms with E-state index in [0.717, 1.165) is 0 Å². The monoisotopic (exact) mass is 361 g/mol. The Labute approximate surface area is 133 Å². The molecule has 0 unspecified atom stereocenters. The lowest BCUT2D eigenvalue weighted by molar-refractivity contribution is -0.116. The van der Waals surface area contributed by atoms with Crippen molar-refractivity contribution in [2.45, 2.75) is 10.8 Å². The van der Waals surface area contributed by atoms with Crippen molar-refractivity contribution in [3.63, 3.8) is 0 Å². The molecule has 118 valence electrons. The zero-order valence-electron chi connectivity index (χ0n) is 11.0. The highest BCUT2D eigenvalue weighted by Gasteiger charge is 2.16. The minimum atomic E-state index is -3.93. The number of hydrogen-bond acceptors (Lipinski definition) is 8. The molecule has 4 N–H and O–H groups in total. The van der Waals surface area contributed by atoms with Gasteiger partial charge in [-0.15, -0.1) is 21.5 Å². The Morgan fingerprint density at radius 1 is 1.32 bits per heavy atom. The number of primary sulfonamides is 1. The molecule has 2 aromatic heterocycles. The molecule has 0 aliphatic rings. The fourth-order valence-corrected chi connectivity index (χ4v) is 3.33. The van der Waals surface area contributed by atoms with E-state index in [1.54, 1.807) is 17.5 Å². The summed E-state index contributed by atoms with van der Waals surface area (Å²) in [5.41, 5.74) is 0. The van der Waals surface area contributed by atoms with Gasteiger partial charge in [0.15, 0.2) is 0 Å². The molecule has 0 atom stereocenters. The lowest BCUT2D eigenvalue weighted by Crippen LogP contribution is -2.27. The van der Waals surface area contributed by atoms with Crippen LogP contribution in [0, 0.1) is 0 Å². The SMILES string of the molecule is NS(=O)(=O)c1nnc(NC(=O)CCNC(=O)c2cccs2)s1. The molecule has 2 amide bonds. The van der Waals surface area contributed by atoms with Crippen molar-refractivity contribution in [2.75, 3.05) is 11.9 Å². The van der Waals surface area contributed by atoms with Crippen LogP contribution >= 0.6 is 22.7 Å². The van der Waals surface area contributed by atoms with Crippen LogP contribution in [-0.2, 0) is 14.8 Å². The van der Waals surface area contributed by atoms with Gasteiger partial charge in [0, 0.05) is 13.0 Å². The highest BCUT2D eigenvalue weighted by Crippen LogP contribution is 2.18. The van der Waals surface area contributed by atoms with E-state index in [4.69, 9.17) is 5.14 Å². The normalized spacial score (nSPS) is 11.1. The number of nitrogens with two attached hydrogens (primary N) is 1. The summed E-state index contributed by atoms with van der Waals surface area (Å²) < 4.78 is 21.7. The molecule has 0 saturated carbocycles. The molecule has 12 heteroatoms. The number of carbonyl (C=O) groups excluding carboxylic acids is 2. The first-order valence-corrected chi connectivity index (χ1v) is 9.08. The van der Waals surface area contributed by atoms with Gasteiger partial charge in [0.2, 0.25) is 15.4 Å². The Hall–Kier alpha value is -1.89. The van der Waals surface area contributed by atoms with Gasteiger partial charge in [0.05, 0.1) is 4.88 Å². The van der Waals surface area contributed by atoms with Gasteiger partial charge in [-0.05, 0) is 11.4 Å². The molecule has 0 aliphatic carbocycles. The number of sulfonamides is 1. The summed E-state index contributed by atoms with van der Waals surface area (Å²) in [6.45, 7) is 0.142. The van der Waals surface area contributed by atoms with Crippen LogP contribution in [0.5, 0.6) is 0 Å². The van der Waals surface area contributed by atoms with Crippen molar-refractivity contribution in [1.29, 1.82) is 0 Å². The first-order valence-electron chi connectivity index (χ1n) is 5.84. The van der Waals surface area contributed by atoms with E-state index in [1.807, 2.05) is 0 Å². The van der Waals surface area contributed by atoms with Crippen molar-refractivity contribution in [3.05, 3.63) is 22.4 Å². The smallest absolute Gasteiger partial charge is 0.267 e. The fourth-order valence-electron chi connectivity index (χ4n) is 1.34. The third kappa shape index (κ3) is 4.56. The third-order valence-corrected chi connectivity index (χ3v) is 5.30. The predicted octanol–water partition coefficient (Wildman–Crippen LogP) is 0.00560. The van der Waals surface area contributed by atoms with Crippen LogP contribution < -0.4 is 15.8 Å². The van der Waals surface area contributed by atoms with Gasteiger partial charge in [-0.1, -0.05) is 17.4 Å². The maximum Gasteiger partial charge on any atom is 0.267 e. The minimum absolute atomic E-state index is 0.0153. The topological polar surface area (TPSA) is 144 Å². The lowest BCUT2D eigenvalue weighted by atomic mass is 10.4. The van der Waals surface area contributed by atoms with Crippen molar-refractivity contribution in [2.24, 2.45) is 5.14 Å². The average molecular weight is 361 g/mol. The molecule has 0 spiro atoms. The number of amides is 2. The number of nitrogens with one attached hydrogen (secondary N) is 2. The summed E-state index contributed by atoms with van der Waals surface area (Å²) in [7, 11) is -3.93. The lowest BCUT2D eigenvalue weighted by Gasteiger charge is -2.03. The third-order valence-electron chi connectivity index (χ3n) is 2.28. The van der Waals surface area contributed by atoms with Crippen molar-refractivity contribution < 1.29 is 18.0 Å². The van der Waals surface area contributed by atoms with Crippen LogP contribution in [0.25, 0.3) is 0 Å². The number of hydrogen-bond donors (Lipinski definition) is 3. The molecule has 2 heterocycles. The molecule has 9 nitrogen and oxygen atoms in total. The second-order valence-corrected chi connectivity index (χ2v) is 7.61.